The number of aryl methyl sites for hydroxylation is 1. The van der Waals surface area contributed by atoms with Gasteiger partial charge in [0.25, 0.3) is 0 Å². The molecular formula is C15H15ClO4. The molecular weight excluding hydrogens is 280 g/mol. The van der Waals surface area contributed by atoms with Gasteiger partial charge >= 0.3 is 5.97 Å². The quantitative estimate of drug-likeness (QED) is 0.794. The fraction of sp³-hybridized carbons (Fsp3) is 0.267. The maximum absolute atomic E-state index is 11.3. The molecule has 1 atom stereocenters. The molecule has 4 nitrogen and oxygen atoms in total. The zero-order valence-electron chi connectivity index (χ0n) is 11.5. The highest BCUT2D eigenvalue weighted by Gasteiger charge is 2.16. The molecule has 5 heteroatoms. The van der Waals surface area contributed by atoms with Gasteiger partial charge in [-0.2, -0.15) is 0 Å². The van der Waals surface area contributed by atoms with Crippen molar-refractivity contribution in [3.05, 3.63) is 52.4 Å². The van der Waals surface area contributed by atoms with Gasteiger partial charge in [-0.3, -0.25) is 0 Å². The van der Waals surface area contributed by atoms with Crippen LogP contribution in [-0.2, 0) is 4.74 Å². The molecule has 0 aliphatic carbocycles. The molecule has 0 spiro atoms. The molecule has 0 saturated heterocycles. The molecule has 1 aromatic heterocycles. The van der Waals surface area contributed by atoms with Gasteiger partial charge in [0.1, 0.15) is 11.5 Å². The molecule has 2 aromatic rings. The van der Waals surface area contributed by atoms with E-state index in [1.165, 1.54) is 7.11 Å². The van der Waals surface area contributed by atoms with Crippen LogP contribution in [0.5, 0.6) is 5.75 Å². The van der Waals surface area contributed by atoms with E-state index in [1.807, 2.05) is 19.9 Å². The molecule has 0 bridgehead atoms. The number of furan rings is 1. The average Bonchev–Trinajstić information content (AvgIpc) is 2.92. The van der Waals surface area contributed by atoms with Crippen LogP contribution in [0.3, 0.4) is 0 Å². The monoisotopic (exact) mass is 294 g/mol. The fourth-order valence-electron chi connectivity index (χ4n) is 1.73. The summed E-state index contributed by atoms with van der Waals surface area (Å²) in [6, 6.07) is 8.67. The van der Waals surface area contributed by atoms with Crippen LogP contribution in [0, 0.1) is 6.92 Å². The van der Waals surface area contributed by atoms with E-state index in [9.17, 15) is 4.79 Å². The minimum atomic E-state index is -0.509. The minimum absolute atomic E-state index is 0.158. The van der Waals surface area contributed by atoms with Crippen molar-refractivity contribution in [3.8, 4) is 5.75 Å². The Balaban J connectivity index is 2.11. The van der Waals surface area contributed by atoms with Gasteiger partial charge in [-0.1, -0.05) is 11.6 Å². The molecule has 0 radical (unpaired) electrons. The van der Waals surface area contributed by atoms with E-state index in [0.717, 1.165) is 5.56 Å². The maximum atomic E-state index is 11.3. The van der Waals surface area contributed by atoms with E-state index in [2.05, 4.69) is 4.74 Å². The molecule has 0 aliphatic heterocycles. The molecule has 1 unspecified atom stereocenters. The third-order valence-corrected chi connectivity index (χ3v) is 3.28. The standard InChI is InChI=1S/C15H15ClO4/c1-9-8-11(4-5-12(9)16)19-10(2)13-6-7-14(20-13)15(17)18-3/h4-8,10H,1-3H3. The normalized spacial score (nSPS) is 12.0. The molecule has 1 heterocycles. The molecule has 0 fully saturated rings. The van der Waals surface area contributed by atoms with Crippen LogP contribution in [-0.4, -0.2) is 13.1 Å². The van der Waals surface area contributed by atoms with Crippen molar-refractivity contribution in [2.24, 2.45) is 0 Å². The summed E-state index contributed by atoms with van der Waals surface area (Å²) < 4.78 is 15.7. The smallest absolute Gasteiger partial charge is 0.373 e. The molecule has 0 amide bonds. The van der Waals surface area contributed by atoms with Gasteiger partial charge in [-0.05, 0) is 49.7 Å². The Morgan fingerprint density at radius 3 is 2.70 bits per heavy atom. The second kappa shape index (κ2) is 6.01. The summed E-state index contributed by atoms with van der Waals surface area (Å²) in [6.07, 6.45) is -0.325. The first-order chi connectivity index (χ1) is 9.51. The number of carbonyl (C=O) groups excluding carboxylic acids is 1. The predicted octanol–water partition coefficient (Wildman–Crippen LogP) is 4.17. The lowest BCUT2D eigenvalue weighted by atomic mass is 10.2. The lowest BCUT2D eigenvalue weighted by molar-refractivity contribution is 0.0558. The zero-order valence-corrected chi connectivity index (χ0v) is 12.2. The van der Waals surface area contributed by atoms with Crippen LogP contribution < -0.4 is 4.74 Å². The third kappa shape index (κ3) is 3.14. The second-order valence-electron chi connectivity index (χ2n) is 4.36. The van der Waals surface area contributed by atoms with Crippen LogP contribution in [0.25, 0.3) is 0 Å². The Morgan fingerprint density at radius 1 is 1.30 bits per heavy atom. The van der Waals surface area contributed by atoms with Gasteiger partial charge in [0.2, 0.25) is 5.76 Å². The third-order valence-electron chi connectivity index (χ3n) is 2.86. The predicted molar refractivity (Wildman–Crippen MR) is 75.3 cm³/mol. The molecule has 0 N–H and O–H groups in total. The van der Waals surface area contributed by atoms with Crippen LogP contribution in [0.1, 0.15) is 34.9 Å². The summed E-state index contributed by atoms with van der Waals surface area (Å²) in [6.45, 7) is 3.74. The van der Waals surface area contributed by atoms with E-state index in [4.69, 9.17) is 20.8 Å². The number of esters is 1. The van der Waals surface area contributed by atoms with E-state index in [1.54, 1.807) is 24.3 Å². The van der Waals surface area contributed by atoms with Crippen molar-refractivity contribution in [2.45, 2.75) is 20.0 Å². The van der Waals surface area contributed by atoms with Crippen molar-refractivity contribution < 1.29 is 18.7 Å². The number of methoxy groups -OCH3 is 1. The Morgan fingerprint density at radius 2 is 2.05 bits per heavy atom. The highest BCUT2D eigenvalue weighted by atomic mass is 35.5. The highest BCUT2D eigenvalue weighted by Crippen LogP contribution is 2.26. The van der Waals surface area contributed by atoms with Crippen LogP contribution in [0.15, 0.2) is 34.7 Å². The molecule has 20 heavy (non-hydrogen) atoms. The first-order valence-corrected chi connectivity index (χ1v) is 6.50. The number of hydrogen-bond acceptors (Lipinski definition) is 4. The Labute approximate surface area is 122 Å². The molecule has 106 valence electrons. The number of hydrogen-bond donors (Lipinski definition) is 0. The maximum Gasteiger partial charge on any atom is 0.373 e. The number of ether oxygens (including phenoxy) is 2. The van der Waals surface area contributed by atoms with Crippen molar-refractivity contribution in [2.75, 3.05) is 7.11 Å². The fourth-order valence-corrected chi connectivity index (χ4v) is 1.85. The van der Waals surface area contributed by atoms with E-state index in [0.29, 0.717) is 16.5 Å². The van der Waals surface area contributed by atoms with E-state index < -0.39 is 5.97 Å². The Kier molecular flexibility index (Phi) is 4.35. The topological polar surface area (TPSA) is 48.7 Å². The first kappa shape index (κ1) is 14.5. The van der Waals surface area contributed by atoms with Crippen molar-refractivity contribution in [3.63, 3.8) is 0 Å². The number of benzene rings is 1. The zero-order chi connectivity index (χ0) is 14.7. The lowest BCUT2D eigenvalue weighted by Crippen LogP contribution is -2.03. The van der Waals surface area contributed by atoms with Crippen LogP contribution in [0.2, 0.25) is 5.02 Å². The Hall–Kier alpha value is -1.94. The summed E-state index contributed by atoms with van der Waals surface area (Å²) in [4.78, 5) is 11.3. The summed E-state index contributed by atoms with van der Waals surface area (Å²) in [5.74, 6) is 0.893. The number of carbonyl (C=O) groups is 1. The summed E-state index contributed by atoms with van der Waals surface area (Å²) in [5, 5.41) is 0.691. The van der Waals surface area contributed by atoms with E-state index in [-0.39, 0.29) is 11.9 Å². The summed E-state index contributed by atoms with van der Waals surface area (Å²) in [5.41, 5.74) is 0.936. The van der Waals surface area contributed by atoms with Crippen molar-refractivity contribution >= 4 is 17.6 Å². The van der Waals surface area contributed by atoms with Crippen molar-refractivity contribution in [1.82, 2.24) is 0 Å². The highest BCUT2D eigenvalue weighted by molar-refractivity contribution is 6.31. The Bertz CT molecular complexity index is 618. The summed E-state index contributed by atoms with van der Waals surface area (Å²) in [7, 11) is 1.31. The molecule has 0 saturated carbocycles. The molecule has 1 aromatic carbocycles. The molecule has 2 rings (SSSR count). The van der Waals surface area contributed by atoms with Crippen LogP contribution >= 0.6 is 11.6 Å². The van der Waals surface area contributed by atoms with Crippen LogP contribution in [0.4, 0.5) is 0 Å². The van der Waals surface area contributed by atoms with E-state index >= 15 is 0 Å². The average molecular weight is 295 g/mol. The second-order valence-corrected chi connectivity index (χ2v) is 4.77. The molecule has 0 aliphatic rings. The largest absolute Gasteiger partial charge is 0.483 e. The van der Waals surface area contributed by atoms with Gasteiger partial charge < -0.3 is 13.9 Å². The summed E-state index contributed by atoms with van der Waals surface area (Å²) >= 11 is 5.96. The van der Waals surface area contributed by atoms with Crippen molar-refractivity contribution in [1.29, 1.82) is 0 Å². The van der Waals surface area contributed by atoms with Gasteiger partial charge in [0.15, 0.2) is 6.10 Å². The van der Waals surface area contributed by atoms with Gasteiger partial charge in [-0.15, -0.1) is 0 Å². The number of rotatable bonds is 4. The first-order valence-electron chi connectivity index (χ1n) is 6.12. The minimum Gasteiger partial charge on any atom is -0.483 e. The SMILES string of the molecule is COC(=O)c1ccc(C(C)Oc2ccc(Cl)c(C)c2)o1. The lowest BCUT2D eigenvalue weighted by Gasteiger charge is -2.13. The van der Waals surface area contributed by atoms with Gasteiger partial charge in [-0.25, -0.2) is 4.79 Å². The van der Waals surface area contributed by atoms with Gasteiger partial charge in [0.05, 0.1) is 7.11 Å². The number of halogens is 1. The van der Waals surface area contributed by atoms with Gasteiger partial charge in [0, 0.05) is 5.02 Å².